The molecule has 4 N–H and O–H groups in total. The molecule has 0 spiro atoms. The summed E-state index contributed by atoms with van der Waals surface area (Å²) in [5.41, 5.74) is 13.4. The van der Waals surface area contributed by atoms with Crippen LogP contribution in [0.5, 0.6) is 0 Å². The van der Waals surface area contributed by atoms with Crippen LogP contribution in [0, 0.1) is 0 Å². The lowest BCUT2D eigenvalue weighted by Crippen LogP contribution is -1.93. The third-order valence-electron chi connectivity index (χ3n) is 1.77. The maximum Gasteiger partial charge on any atom is 0.0659 e. The average Bonchev–Trinajstić information content (AvgIpc) is 2.24. The van der Waals surface area contributed by atoms with E-state index in [-0.39, 0.29) is 0 Å². The third kappa shape index (κ3) is 3.63. The van der Waals surface area contributed by atoms with Crippen LogP contribution in [0.15, 0.2) is 29.2 Å². The molecule has 0 heterocycles. The van der Waals surface area contributed by atoms with Crippen LogP contribution in [0.25, 0.3) is 5.57 Å². The van der Waals surface area contributed by atoms with Gasteiger partial charge in [-0.25, -0.2) is 0 Å². The van der Waals surface area contributed by atoms with Crippen molar-refractivity contribution in [1.82, 2.24) is 0 Å². The molecule has 0 saturated carbocycles. The second-order valence-corrected chi connectivity index (χ2v) is 4.98. The lowest BCUT2D eigenvalue weighted by Gasteiger charge is -2.03. The zero-order chi connectivity index (χ0) is 11.3. The molecule has 3 nitrogen and oxygen atoms in total. The van der Waals surface area contributed by atoms with Crippen molar-refractivity contribution in [2.45, 2.75) is 0 Å². The molecule has 0 aromatic heterocycles. The predicted octanol–water partition coefficient (Wildman–Crippen LogP) is 3.24. The fourth-order valence-electron chi connectivity index (χ4n) is 1.01. The lowest BCUT2D eigenvalue weighted by atomic mass is 10.1. The topological polar surface area (TPSA) is 64.4 Å². The maximum atomic E-state index is 5.91. The summed E-state index contributed by atoms with van der Waals surface area (Å²) in [6, 6.07) is 5.39. The molecule has 1 rings (SSSR count). The van der Waals surface area contributed by atoms with Crippen LogP contribution >= 0.6 is 40.0 Å². The van der Waals surface area contributed by atoms with E-state index in [4.69, 9.17) is 23.1 Å². The molecule has 80 valence electrons. The maximum absolute atomic E-state index is 5.91. The van der Waals surface area contributed by atoms with Crippen molar-refractivity contribution in [1.29, 1.82) is 0 Å². The summed E-state index contributed by atoms with van der Waals surface area (Å²) >= 11 is 8.10. The molecule has 0 aliphatic rings. The highest BCUT2D eigenvalue weighted by Gasteiger charge is 2.01. The van der Waals surface area contributed by atoms with E-state index in [1.807, 2.05) is 6.07 Å². The molecule has 0 amide bonds. The number of nitrogens with two attached hydrogens (primary N) is 2. The van der Waals surface area contributed by atoms with Crippen LogP contribution in [-0.2, 0) is 0 Å². The van der Waals surface area contributed by atoms with Gasteiger partial charge in [0.1, 0.15) is 0 Å². The third-order valence-corrected chi connectivity index (χ3v) is 3.16. The summed E-state index contributed by atoms with van der Waals surface area (Å²) in [5, 5.41) is 0.525. The van der Waals surface area contributed by atoms with E-state index in [1.165, 1.54) is 6.20 Å². The van der Waals surface area contributed by atoms with Gasteiger partial charge in [0.05, 0.1) is 17.1 Å². The Morgan fingerprint density at radius 2 is 2.27 bits per heavy atom. The highest BCUT2D eigenvalue weighted by Crippen LogP contribution is 2.25. The van der Waals surface area contributed by atoms with Gasteiger partial charge in [0.15, 0.2) is 0 Å². The van der Waals surface area contributed by atoms with Crippen LogP contribution in [0.2, 0.25) is 5.02 Å². The van der Waals surface area contributed by atoms with E-state index in [2.05, 4.69) is 26.8 Å². The predicted molar refractivity (Wildman–Crippen MR) is 78.9 cm³/mol. The number of rotatable bonds is 3. The first kappa shape index (κ1) is 12.7. The van der Waals surface area contributed by atoms with Gasteiger partial charge in [-0.15, -0.1) is 0 Å². The van der Waals surface area contributed by atoms with E-state index >= 15 is 0 Å². The minimum Gasteiger partial charge on any atom is -0.404 e. The fourth-order valence-corrected chi connectivity index (χ4v) is 1.80. The molecule has 0 radical (unpaired) electrons. The van der Waals surface area contributed by atoms with Crippen LogP contribution in [0.1, 0.15) is 5.56 Å². The minimum atomic E-state index is 0.479. The number of hydrogen-bond donors (Lipinski definition) is 2. The molecule has 0 fully saturated rings. The molecule has 0 saturated heterocycles. The van der Waals surface area contributed by atoms with Gasteiger partial charge in [-0.05, 0) is 39.7 Å². The highest BCUT2D eigenvalue weighted by atomic mass is 127. The molecular weight excluding hydrogens is 343 g/mol. The monoisotopic (exact) mass is 353 g/mol. The Balaban J connectivity index is 3.04. The van der Waals surface area contributed by atoms with Crippen LogP contribution in [0.4, 0.5) is 5.69 Å². The van der Waals surface area contributed by atoms with Crippen molar-refractivity contribution in [3.05, 3.63) is 35.0 Å². The summed E-state index contributed by atoms with van der Waals surface area (Å²) in [6.45, 7) is 0. The van der Waals surface area contributed by atoms with Gasteiger partial charge in [-0.2, -0.15) is 0 Å². The van der Waals surface area contributed by atoms with Crippen molar-refractivity contribution < 1.29 is 0 Å². The van der Waals surface area contributed by atoms with E-state index in [1.54, 1.807) is 18.3 Å². The Morgan fingerprint density at radius 1 is 1.53 bits per heavy atom. The zero-order valence-electron chi connectivity index (χ0n) is 7.74. The van der Waals surface area contributed by atoms with Crippen molar-refractivity contribution in [2.75, 3.05) is 5.73 Å². The van der Waals surface area contributed by atoms with Crippen molar-refractivity contribution in [2.24, 2.45) is 10.5 Å². The normalized spacial score (nSPS) is 13.1. The largest absolute Gasteiger partial charge is 0.404 e. The minimum absolute atomic E-state index is 0.479. The second kappa shape index (κ2) is 6.30. The molecule has 1 atom stereocenters. The lowest BCUT2D eigenvalue weighted by molar-refractivity contribution is 1.57. The molecule has 0 aliphatic carbocycles. The Labute approximate surface area is 108 Å². The number of nitrogens with zero attached hydrogens (tertiary/aromatic N) is 1. The SMILES string of the molecule is NC=C(C=NPI)c1ccc(N)c(Cl)c1. The average molecular weight is 354 g/mol. The Morgan fingerprint density at radius 3 is 2.80 bits per heavy atom. The number of benzene rings is 1. The van der Waals surface area contributed by atoms with Crippen molar-refractivity contribution in [3.63, 3.8) is 0 Å². The Bertz CT molecular complexity index is 406. The van der Waals surface area contributed by atoms with Crippen molar-refractivity contribution >= 4 is 57.5 Å². The van der Waals surface area contributed by atoms with Crippen molar-refractivity contribution in [3.8, 4) is 0 Å². The first-order chi connectivity index (χ1) is 7.19. The van der Waals surface area contributed by atoms with Gasteiger partial charge in [0, 0.05) is 18.0 Å². The summed E-state index contributed by atoms with van der Waals surface area (Å²) in [7, 11) is 0. The van der Waals surface area contributed by atoms with Gasteiger partial charge in [0.25, 0.3) is 0 Å². The van der Waals surface area contributed by atoms with Gasteiger partial charge < -0.3 is 11.5 Å². The van der Waals surface area contributed by atoms with Gasteiger partial charge in [-0.3, -0.25) is 4.76 Å². The number of allylic oxidation sites excluding steroid dienone is 1. The number of hydrogen-bond acceptors (Lipinski definition) is 3. The zero-order valence-corrected chi connectivity index (χ0v) is 11.7. The fraction of sp³-hybridized carbons (Fsp3) is 0. The van der Waals surface area contributed by atoms with Crippen LogP contribution in [-0.4, -0.2) is 6.21 Å². The van der Waals surface area contributed by atoms with Crippen LogP contribution < -0.4 is 11.5 Å². The molecule has 1 aromatic carbocycles. The molecule has 0 aliphatic heterocycles. The molecular formula is C9H10ClIN3P. The smallest absolute Gasteiger partial charge is 0.0659 e. The highest BCUT2D eigenvalue weighted by molar-refractivity contribution is 14.2. The Kier molecular flexibility index (Phi) is 5.36. The molecule has 0 bridgehead atoms. The summed E-state index contributed by atoms with van der Waals surface area (Å²) < 4.78 is 4.14. The van der Waals surface area contributed by atoms with E-state index in [0.717, 1.165) is 11.1 Å². The number of halogens is 2. The number of nitrogen functional groups attached to an aromatic ring is 1. The Hall–Kier alpha value is -0.320. The van der Waals surface area contributed by atoms with Gasteiger partial charge >= 0.3 is 0 Å². The van der Waals surface area contributed by atoms with Gasteiger partial charge in [0.2, 0.25) is 0 Å². The molecule has 1 unspecified atom stereocenters. The number of anilines is 1. The summed E-state index contributed by atoms with van der Waals surface area (Å²) in [4.78, 5) is 0. The standard InChI is InChI=1S/C9H10ClIN3P/c10-8-3-6(1-2-9(8)13)7(4-12)5-14-15-11/h1-5,15H,12-13H2. The van der Waals surface area contributed by atoms with Crippen LogP contribution in [0.3, 0.4) is 0 Å². The summed E-state index contributed by atoms with van der Waals surface area (Å²) in [5.74, 6) is 0. The second-order valence-electron chi connectivity index (χ2n) is 2.70. The first-order valence-corrected chi connectivity index (χ1v) is 8.49. The quantitative estimate of drug-likeness (QED) is 0.379. The van der Waals surface area contributed by atoms with E-state index in [9.17, 15) is 0 Å². The van der Waals surface area contributed by atoms with E-state index in [0.29, 0.717) is 17.1 Å². The molecule has 1 aromatic rings. The summed E-state index contributed by atoms with van der Waals surface area (Å²) in [6.07, 6.45) is 3.71. The van der Waals surface area contributed by atoms with Gasteiger partial charge in [-0.1, -0.05) is 17.7 Å². The first-order valence-electron chi connectivity index (χ1n) is 4.05. The molecule has 6 heteroatoms. The van der Waals surface area contributed by atoms with E-state index < -0.39 is 0 Å². The molecule has 15 heavy (non-hydrogen) atoms.